The van der Waals surface area contributed by atoms with Crippen LogP contribution in [0.15, 0.2) is 34.7 Å². The van der Waals surface area contributed by atoms with Crippen LogP contribution in [0.4, 0.5) is 5.69 Å². The predicted molar refractivity (Wildman–Crippen MR) is 85.4 cm³/mol. The second-order valence-electron chi connectivity index (χ2n) is 6.56. The van der Waals surface area contributed by atoms with Crippen LogP contribution in [0.25, 0.3) is 0 Å². The number of hydrogen-bond donors (Lipinski definition) is 1. The van der Waals surface area contributed by atoms with Crippen molar-refractivity contribution in [2.45, 2.75) is 53.0 Å². The molecular weight excluding hydrogens is 246 g/mol. The summed E-state index contributed by atoms with van der Waals surface area (Å²) >= 11 is 0. The van der Waals surface area contributed by atoms with Gasteiger partial charge in [-0.3, -0.25) is 0 Å². The maximum absolute atomic E-state index is 5.60. The molecule has 0 saturated carbocycles. The first-order chi connectivity index (χ1) is 9.27. The van der Waals surface area contributed by atoms with Gasteiger partial charge in [0, 0.05) is 11.3 Å². The van der Waals surface area contributed by atoms with Gasteiger partial charge in [-0.1, -0.05) is 32.9 Å². The van der Waals surface area contributed by atoms with Crippen molar-refractivity contribution in [2.24, 2.45) is 0 Å². The van der Waals surface area contributed by atoms with Crippen LogP contribution >= 0.6 is 0 Å². The lowest BCUT2D eigenvalue weighted by atomic mass is 9.87. The van der Waals surface area contributed by atoms with Gasteiger partial charge in [-0.25, -0.2) is 0 Å². The van der Waals surface area contributed by atoms with Crippen molar-refractivity contribution in [3.63, 3.8) is 0 Å². The van der Waals surface area contributed by atoms with E-state index in [-0.39, 0.29) is 11.5 Å². The monoisotopic (exact) mass is 271 g/mol. The van der Waals surface area contributed by atoms with E-state index in [0.29, 0.717) is 0 Å². The summed E-state index contributed by atoms with van der Waals surface area (Å²) in [6.07, 6.45) is 0. The molecule has 1 aromatic heterocycles. The summed E-state index contributed by atoms with van der Waals surface area (Å²) in [7, 11) is 0. The number of rotatable bonds is 3. The van der Waals surface area contributed by atoms with E-state index in [1.807, 2.05) is 13.8 Å². The Balaban J connectivity index is 2.12. The van der Waals surface area contributed by atoms with Crippen LogP contribution in [0.1, 0.15) is 56.4 Å². The Labute approximate surface area is 122 Å². The Morgan fingerprint density at radius 2 is 1.65 bits per heavy atom. The van der Waals surface area contributed by atoms with Crippen molar-refractivity contribution < 1.29 is 4.42 Å². The van der Waals surface area contributed by atoms with Crippen LogP contribution in [0, 0.1) is 13.8 Å². The number of nitrogens with one attached hydrogen (secondary N) is 1. The van der Waals surface area contributed by atoms with Gasteiger partial charge >= 0.3 is 0 Å². The highest BCUT2D eigenvalue weighted by atomic mass is 16.3. The Morgan fingerprint density at radius 3 is 2.10 bits per heavy atom. The first kappa shape index (κ1) is 14.7. The van der Waals surface area contributed by atoms with E-state index in [1.165, 1.54) is 11.1 Å². The van der Waals surface area contributed by atoms with Gasteiger partial charge in [0.1, 0.15) is 11.5 Å². The molecule has 20 heavy (non-hydrogen) atoms. The zero-order valence-corrected chi connectivity index (χ0v) is 13.4. The van der Waals surface area contributed by atoms with Crippen LogP contribution in [0.3, 0.4) is 0 Å². The maximum atomic E-state index is 5.60. The van der Waals surface area contributed by atoms with E-state index < -0.39 is 0 Å². The number of hydrogen-bond acceptors (Lipinski definition) is 2. The average molecular weight is 271 g/mol. The van der Waals surface area contributed by atoms with Gasteiger partial charge in [-0.05, 0) is 49.9 Å². The SMILES string of the molecule is Cc1cc(C(C)Nc2ccc(C(C)(C)C)cc2)c(C)o1. The summed E-state index contributed by atoms with van der Waals surface area (Å²) in [5.74, 6) is 1.96. The molecule has 0 bridgehead atoms. The number of aryl methyl sites for hydroxylation is 2. The smallest absolute Gasteiger partial charge is 0.106 e. The molecule has 0 radical (unpaired) electrons. The molecule has 1 N–H and O–H groups in total. The minimum atomic E-state index is 0.197. The third-order valence-corrected chi connectivity index (χ3v) is 3.68. The molecule has 1 unspecified atom stereocenters. The second kappa shape index (κ2) is 5.35. The van der Waals surface area contributed by atoms with Gasteiger partial charge in [0.25, 0.3) is 0 Å². The lowest BCUT2D eigenvalue weighted by Crippen LogP contribution is -2.11. The van der Waals surface area contributed by atoms with Crippen LogP contribution in [-0.4, -0.2) is 0 Å². The van der Waals surface area contributed by atoms with Gasteiger partial charge in [0.15, 0.2) is 0 Å². The fourth-order valence-corrected chi connectivity index (χ4v) is 2.47. The van der Waals surface area contributed by atoms with Crippen LogP contribution in [-0.2, 0) is 5.41 Å². The Morgan fingerprint density at radius 1 is 1.05 bits per heavy atom. The largest absolute Gasteiger partial charge is 0.466 e. The average Bonchev–Trinajstić information content (AvgIpc) is 2.68. The fraction of sp³-hybridized carbons (Fsp3) is 0.444. The number of benzene rings is 1. The van der Waals surface area contributed by atoms with Gasteiger partial charge in [-0.2, -0.15) is 0 Å². The minimum absolute atomic E-state index is 0.197. The molecule has 0 fully saturated rings. The van der Waals surface area contributed by atoms with Gasteiger partial charge < -0.3 is 9.73 Å². The van der Waals surface area contributed by atoms with Crippen LogP contribution in [0.2, 0.25) is 0 Å². The highest BCUT2D eigenvalue weighted by molar-refractivity contribution is 5.48. The van der Waals surface area contributed by atoms with Crippen molar-refractivity contribution >= 4 is 5.69 Å². The highest BCUT2D eigenvalue weighted by Gasteiger charge is 2.15. The molecule has 2 heteroatoms. The second-order valence-corrected chi connectivity index (χ2v) is 6.56. The summed E-state index contributed by atoms with van der Waals surface area (Å²) in [5, 5.41) is 3.53. The first-order valence-electron chi connectivity index (χ1n) is 7.21. The quantitative estimate of drug-likeness (QED) is 0.812. The Bertz CT molecular complexity index is 572. The van der Waals surface area contributed by atoms with E-state index >= 15 is 0 Å². The molecule has 0 aliphatic rings. The van der Waals surface area contributed by atoms with Crippen molar-refractivity contribution in [1.29, 1.82) is 0 Å². The third kappa shape index (κ3) is 3.24. The molecule has 0 aliphatic carbocycles. The minimum Gasteiger partial charge on any atom is -0.466 e. The lowest BCUT2D eigenvalue weighted by molar-refractivity contribution is 0.500. The standard InChI is InChI=1S/C18H25NO/c1-12-11-17(14(3)20-12)13(2)19-16-9-7-15(8-10-16)18(4,5)6/h7-11,13,19H,1-6H3. The maximum Gasteiger partial charge on any atom is 0.106 e. The molecule has 108 valence electrons. The van der Waals surface area contributed by atoms with Gasteiger partial charge in [0.05, 0.1) is 6.04 Å². The van der Waals surface area contributed by atoms with Crippen LogP contribution < -0.4 is 5.32 Å². The fourth-order valence-electron chi connectivity index (χ4n) is 2.47. The number of anilines is 1. The molecule has 1 heterocycles. The third-order valence-electron chi connectivity index (χ3n) is 3.68. The number of furan rings is 1. The molecule has 0 spiro atoms. The predicted octanol–water partition coefficient (Wildman–Crippen LogP) is 5.37. The zero-order chi connectivity index (χ0) is 14.9. The van der Waals surface area contributed by atoms with Crippen molar-refractivity contribution in [3.05, 3.63) is 53.0 Å². The molecule has 0 aliphatic heterocycles. The summed E-state index contributed by atoms with van der Waals surface area (Å²) in [6, 6.07) is 11.0. The van der Waals surface area contributed by atoms with E-state index in [9.17, 15) is 0 Å². The molecule has 1 aromatic carbocycles. The Kier molecular flexibility index (Phi) is 3.94. The molecule has 0 amide bonds. The summed E-state index contributed by atoms with van der Waals surface area (Å²) < 4.78 is 5.60. The topological polar surface area (TPSA) is 25.2 Å². The van der Waals surface area contributed by atoms with E-state index in [2.05, 4.69) is 63.3 Å². The summed E-state index contributed by atoms with van der Waals surface area (Å²) in [4.78, 5) is 0. The van der Waals surface area contributed by atoms with E-state index in [1.54, 1.807) is 0 Å². The molecule has 2 rings (SSSR count). The van der Waals surface area contributed by atoms with Crippen molar-refractivity contribution in [1.82, 2.24) is 0 Å². The molecule has 2 nitrogen and oxygen atoms in total. The molecule has 2 aromatic rings. The van der Waals surface area contributed by atoms with E-state index in [4.69, 9.17) is 4.42 Å². The van der Waals surface area contributed by atoms with Gasteiger partial charge in [0.2, 0.25) is 0 Å². The summed E-state index contributed by atoms with van der Waals surface area (Å²) in [6.45, 7) is 12.9. The van der Waals surface area contributed by atoms with Crippen molar-refractivity contribution in [2.75, 3.05) is 5.32 Å². The van der Waals surface area contributed by atoms with Crippen molar-refractivity contribution in [3.8, 4) is 0 Å². The van der Waals surface area contributed by atoms with Gasteiger partial charge in [-0.15, -0.1) is 0 Å². The molecule has 1 atom stereocenters. The van der Waals surface area contributed by atoms with Crippen LogP contribution in [0.5, 0.6) is 0 Å². The molecule has 0 saturated heterocycles. The molecular formula is C18H25NO. The first-order valence-corrected chi connectivity index (χ1v) is 7.21. The highest BCUT2D eigenvalue weighted by Crippen LogP contribution is 2.27. The lowest BCUT2D eigenvalue weighted by Gasteiger charge is -2.20. The summed E-state index contributed by atoms with van der Waals surface area (Å²) in [5.41, 5.74) is 3.92. The van der Waals surface area contributed by atoms with E-state index in [0.717, 1.165) is 17.2 Å². The normalized spacial score (nSPS) is 13.3. The zero-order valence-electron chi connectivity index (χ0n) is 13.4. The Hall–Kier alpha value is -1.70.